The minimum atomic E-state index is -6.14. The molecular formula is C23H19F7N2O4S. The summed E-state index contributed by atoms with van der Waals surface area (Å²) in [7, 11) is -4.57. The highest BCUT2D eigenvalue weighted by molar-refractivity contribution is 7.92. The quantitative estimate of drug-likeness (QED) is 0.493. The van der Waals surface area contributed by atoms with Crippen molar-refractivity contribution in [2.24, 2.45) is 0 Å². The van der Waals surface area contributed by atoms with Gasteiger partial charge in [-0.15, -0.1) is 0 Å². The molecule has 0 radical (unpaired) electrons. The molecule has 0 fully saturated rings. The number of hydrogen-bond donors (Lipinski definition) is 1. The van der Waals surface area contributed by atoms with Gasteiger partial charge in [0.15, 0.2) is 0 Å². The Labute approximate surface area is 207 Å². The van der Waals surface area contributed by atoms with Gasteiger partial charge in [0.1, 0.15) is 11.6 Å². The van der Waals surface area contributed by atoms with E-state index in [1.54, 1.807) is 6.07 Å². The summed E-state index contributed by atoms with van der Waals surface area (Å²) < 4.78 is 121. The standard InChI is InChI=1S/C23H19F7N2O4S/c24-16-5-8-19(9-6-16)37(35,36)32-17(13-18(33)2-1-11-31)7-3-14-12-15(4-10-20(14)32)21(34,22(25,26)27)23(28,29)30/h4-6,8-10,12,17,34H,1-3,7,13H2/t17-/m0/s1. The number of benzene rings is 2. The van der Waals surface area contributed by atoms with Gasteiger partial charge >= 0.3 is 12.4 Å². The number of carbonyl (C=O) groups is 1. The van der Waals surface area contributed by atoms with E-state index in [2.05, 4.69) is 0 Å². The molecule has 3 rings (SSSR count). The second kappa shape index (κ2) is 9.94. The van der Waals surface area contributed by atoms with E-state index < -0.39 is 56.1 Å². The normalized spacial score (nSPS) is 16.7. The molecule has 0 saturated carbocycles. The van der Waals surface area contributed by atoms with Gasteiger partial charge in [-0.25, -0.2) is 12.8 Å². The van der Waals surface area contributed by atoms with Gasteiger partial charge in [-0.1, -0.05) is 12.1 Å². The average molecular weight is 552 g/mol. The molecule has 1 aliphatic rings. The van der Waals surface area contributed by atoms with Crippen LogP contribution in [0.3, 0.4) is 0 Å². The molecule has 2 aromatic rings. The summed E-state index contributed by atoms with van der Waals surface area (Å²) in [6.45, 7) is 0. The van der Waals surface area contributed by atoms with Crippen LogP contribution in [0.15, 0.2) is 47.4 Å². The van der Waals surface area contributed by atoms with Gasteiger partial charge in [0.25, 0.3) is 15.6 Å². The van der Waals surface area contributed by atoms with Crippen molar-refractivity contribution in [3.05, 3.63) is 59.4 Å². The molecule has 0 unspecified atom stereocenters. The molecule has 1 N–H and O–H groups in total. The molecule has 0 aliphatic carbocycles. The Bertz CT molecular complexity index is 1300. The van der Waals surface area contributed by atoms with Gasteiger partial charge in [0.2, 0.25) is 0 Å². The number of Topliss-reactive ketones (excluding diaryl/α,β-unsaturated/α-hetero) is 1. The zero-order chi connectivity index (χ0) is 27.8. The highest BCUT2D eigenvalue weighted by atomic mass is 32.2. The Balaban J connectivity index is 2.16. The van der Waals surface area contributed by atoms with Crippen molar-refractivity contribution in [1.29, 1.82) is 5.26 Å². The first-order valence-corrected chi connectivity index (χ1v) is 12.2. The summed E-state index contributed by atoms with van der Waals surface area (Å²) in [5.41, 5.74) is -7.28. The average Bonchev–Trinajstić information content (AvgIpc) is 2.80. The number of ketones is 1. The number of hydrogen-bond acceptors (Lipinski definition) is 5. The topological polar surface area (TPSA) is 98.5 Å². The number of aliphatic hydroxyl groups is 1. The van der Waals surface area contributed by atoms with E-state index in [0.29, 0.717) is 22.5 Å². The molecule has 1 aliphatic heterocycles. The van der Waals surface area contributed by atoms with Crippen LogP contribution in [0.1, 0.15) is 36.8 Å². The molecule has 1 heterocycles. The Morgan fingerprint density at radius 3 is 2.19 bits per heavy atom. The lowest BCUT2D eigenvalue weighted by atomic mass is 9.87. The predicted molar refractivity (Wildman–Crippen MR) is 115 cm³/mol. The fourth-order valence-electron chi connectivity index (χ4n) is 4.14. The van der Waals surface area contributed by atoms with E-state index in [1.807, 2.05) is 0 Å². The van der Waals surface area contributed by atoms with Crippen LogP contribution in [-0.2, 0) is 26.8 Å². The molecule has 6 nitrogen and oxygen atoms in total. The molecule has 1 atom stereocenters. The highest BCUT2D eigenvalue weighted by Gasteiger charge is 2.71. The lowest BCUT2D eigenvalue weighted by Crippen LogP contribution is -2.54. The minimum Gasteiger partial charge on any atom is -0.369 e. The van der Waals surface area contributed by atoms with Crippen molar-refractivity contribution in [1.82, 2.24) is 0 Å². The Hall–Kier alpha value is -3.18. The van der Waals surface area contributed by atoms with E-state index in [0.717, 1.165) is 24.3 Å². The number of sulfonamides is 1. The first kappa shape index (κ1) is 28.4. The summed E-state index contributed by atoms with van der Waals surface area (Å²) in [5, 5.41) is 18.4. The fourth-order valence-corrected chi connectivity index (χ4v) is 5.86. The van der Waals surface area contributed by atoms with Crippen LogP contribution in [0.2, 0.25) is 0 Å². The maximum Gasteiger partial charge on any atom is 0.430 e. The van der Waals surface area contributed by atoms with Crippen LogP contribution in [0.5, 0.6) is 0 Å². The Morgan fingerprint density at radius 2 is 1.65 bits per heavy atom. The first-order valence-electron chi connectivity index (χ1n) is 10.7. The SMILES string of the molecule is N#CCCC(=O)C[C@@H]1CCc2cc(C(O)(C(F)(F)F)C(F)(F)F)ccc2N1S(=O)(=O)c1ccc(F)cc1. The molecule has 0 aromatic heterocycles. The van der Waals surface area contributed by atoms with Crippen LogP contribution >= 0.6 is 0 Å². The zero-order valence-electron chi connectivity index (χ0n) is 18.8. The molecule has 200 valence electrons. The van der Waals surface area contributed by atoms with Gasteiger partial charge in [-0.2, -0.15) is 31.6 Å². The van der Waals surface area contributed by atoms with Crippen molar-refractivity contribution < 1.29 is 49.1 Å². The molecule has 0 amide bonds. The molecule has 0 saturated heterocycles. The van der Waals surface area contributed by atoms with Crippen molar-refractivity contribution >= 4 is 21.5 Å². The number of halogens is 7. The third-order valence-electron chi connectivity index (χ3n) is 5.98. The number of fused-ring (bicyclic) bond motifs is 1. The van der Waals surface area contributed by atoms with Gasteiger partial charge < -0.3 is 5.11 Å². The molecule has 0 bridgehead atoms. The third-order valence-corrected chi connectivity index (χ3v) is 7.86. The van der Waals surface area contributed by atoms with Crippen molar-refractivity contribution in [2.45, 2.75) is 61.0 Å². The molecule has 2 aromatic carbocycles. The number of carbonyl (C=O) groups excluding carboxylic acids is 1. The van der Waals surface area contributed by atoms with Crippen molar-refractivity contribution in [2.75, 3.05) is 4.31 Å². The van der Waals surface area contributed by atoms with Crippen LogP contribution in [0.4, 0.5) is 36.4 Å². The summed E-state index contributed by atoms with van der Waals surface area (Å²) in [6, 6.07) is 5.71. The monoisotopic (exact) mass is 552 g/mol. The van der Waals surface area contributed by atoms with Gasteiger partial charge in [0, 0.05) is 24.8 Å². The van der Waals surface area contributed by atoms with Crippen LogP contribution in [-0.4, -0.2) is 37.7 Å². The predicted octanol–water partition coefficient (Wildman–Crippen LogP) is 4.91. The minimum absolute atomic E-state index is 0.135. The van der Waals surface area contributed by atoms with Crippen molar-refractivity contribution in [3.63, 3.8) is 0 Å². The van der Waals surface area contributed by atoms with E-state index in [9.17, 15) is 49.1 Å². The smallest absolute Gasteiger partial charge is 0.369 e. The van der Waals surface area contributed by atoms with Crippen LogP contribution in [0, 0.1) is 17.1 Å². The highest BCUT2D eigenvalue weighted by Crippen LogP contribution is 2.51. The van der Waals surface area contributed by atoms with Gasteiger partial charge in [-0.05, 0) is 48.7 Å². The zero-order valence-corrected chi connectivity index (χ0v) is 19.6. The van der Waals surface area contributed by atoms with Crippen LogP contribution in [0.25, 0.3) is 0 Å². The number of alkyl halides is 6. The number of aryl methyl sites for hydroxylation is 1. The lowest BCUT2D eigenvalue weighted by Gasteiger charge is -2.39. The Kier molecular flexibility index (Phi) is 7.63. The second-order valence-corrected chi connectivity index (χ2v) is 10.2. The van der Waals surface area contributed by atoms with Gasteiger partial charge in [0.05, 0.1) is 22.7 Å². The molecule has 37 heavy (non-hydrogen) atoms. The number of anilines is 1. The van der Waals surface area contributed by atoms with E-state index in [4.69, 9.17) is 5.26 Å². The maximum absolute atomic E-state index is 13.5. The lowest BCUT2D eigenvalue weighted by molar-refractivity contribution is -0.376. The summed E-state index contributed by atoms with van der Waals surface area (Å²) in [4.78, 5) is 11.9. The fraction of sp³-hybridized carbons (Fsp3) is 0.391. The van der Waals surface area contributed by atoms with Crippen molar-refractivity contribution in [3.8, 4) is 6.07 Å². The number of nitriles is 1. The van der Waals surface area contributed by atoms with Crippen LogP contribution < -0.4 is 4.31 Å². The second-order valence-electron chi connectivity index (χ2n) is 8.40. The maximum atomic E-state index is 13.5. The van der Waals surface area contributed by atoms with E-state index >= 15 is 0 Å². The third kappa shape index (κ3) is 5.28. The first-order chi connectivity index (χ1) is 17.0. The largest absolute Gasteiger partial charge is 0.430 e. The summed E-state index contributed by atoms with van der Waals surface area (Å²) >= 11 is 0. The molecular weight excluding hydrogens is 533 g/mol. The number of nitrogens with zero attached hydrogens (tertiary/aromatic N) is 2. The van der Waals surface area contributed by atoms with Gasteiger partial charge in [-0.3, -0.25) is 9.10 Å². The molecule has 0 spiro atoms. The summed E-state index contributed by atoms with van der Waals surface area (Å²) in [5.74, 6) is -1.24. The Morgan fingerprint density at radius 1 is 1.05 bits per heavy atom. The summed E-state index contributed by atoms with van der Waals surface area (Å²) in [6.07, 6.45) is -13.3. The molecule has 14 heteroatoms. The van der Waals surface area contributed by atoms with E-state index in [1.165, 1.54) is 0 Å². The van der Waals surface area contributed by atoms with E-state index in [-0.39, 0.29) is 43.4 Å². The number of rotatable bonds is 7.